The highest BCUT2D eigenvalue weighted by molar-refractivity contribution is 5.81. The Labute approximate surface area is 68.8 Å². The van der Waals surface area contributed by atoms with Crippen molar-refractivity contribution in [2.24, 2.45) is 0 Å². The van der Waals surface area contributed by atoms with Crippen LogP contribution in [0.4, 0.5) is 10.1 Å². The van der Waals surface area contributed by atoms with Crippen LogP contribution in [0.3, 0.4) is 0 Å². The number of rotatable bonds is 0. The van der Waals surface area contributed by atoms with E-state index in [0.717, 1.165) is 0 Å². The molecule has 0 aliphatic carbocycles. The molecule has 1 heterocycles. The van der Waals surface area contributed by atoms with Gasteiger partial charge in [0.1, 0.15) is 5.82 Å². The summed E-state index contributed by atoms with van der Waals surface area (Å²) < 4.78 is 13.0. The number of pyridine rings is 1. The smallest absolute Gasteiger partial charge is 0.134 e. The third-order valence-corrected chi connectivity index (χ3v) is 1.71. The highest BCUT2D eigenvalue weighted by Crippen LogP contribution is 2.17. The number of benzene rings is 1. The molecule has 0 bridgehead atoms. The Bertz CT molecular complexity index is 426. The number of halogens is 1. The molecule has 0 radical (unpaired) electrons. The lowest BCUT2D eigenvalue weighted by Crippen LogP contribution is -1.87. The molecule has 0 amide bonds. The van der Waals surface area contributed by atoms with E-state index >= 15 is 0 Å². The van der Waals surface area contributed by atoms with E-state index < -0.39 is 0 Å². The van der Waals surface area contributed by atoms with Crippen molar-refractivity contribution < 1.29 is 4.39 Å². The van der Waals surface area contributed by atoms with E-state index in [1.807, 2.05) is 0 Å². The first-order valence-corrected chi connectivity index (χ1v) is 3.57. The maximum atomic E-state index is 13.0. The van der Waals surface area contributed by atoms with Gasteiger partial charge in [-0.3, -0.25) is 4.98 Å². The Morgan fingerprint density at radius 3 is 2.92 bits per heavy atom. The van der Waals surface area contributed by atoms with Crippen LogP contribution in [-0.4, -0.2) is 4.98 Å². The molecular formula is C9H7FN2. The van der Waals surface area contributed by atoms with Crippen LogP contribution in [0.2, 0.25) is 0 Å². The van der Waals surface area contributed by atoms with Gasteiger partial charge < -0.3 is 5.73 Å². The van der Waals surface area contributed by atoms with Gasteiger partial charge in [0.05, 0.1) is 5.52 Å². The van der Waals surface area contributed by atoms with E-state index in [2.05, 4.69) is 4.98 Å². The molecule has 60 valence electrons. The second kappa shape index (κ2) is 2.44. The maximum absolute atomic E-state index is 13.0. The van der Waals surface area contributed by atoms with Crippen LogP contribution in [0, 0.1) is 5.82 Å². The van der Waals surface area contributed by atoms with Gasteiger partial charge in [-0.05, 0) is 24.3 Å². The quantitative estimate of drug-likeness (QED) is 0.601. The minimum atomic E-state index is -0.264. The molecule has 2 nitrogen and oxygen atoms in total. The topological polar surface area (TPSA) is 38.9 Å². The molecule has 2 rings (SSSR count). The van der Waals surface area contributed by atoms with E-state index in [1.54, 1.807) is 18.2 Å². The van der Waals surface area contributed by atoms with Crippen LogP contribution in [0.5, 0.6) is 0 Å². The van der Waals surface area contributed by atoms with E-state index in [0.29, 0.717) is 16.6 Å². The Balaban J connectivity index is 2.86. The molecule has 1 aromatic heterocycles. The van der Waals surface area contributed by atoms with Crippen LogP contribution >= 0.6 is 0 Å². The molecular weight excluding hydrogens is 155 g/mol. The van der Waals surface area contributed by atoms with Crippen LogP contribution < -0.4 is 5.73 Å². The van der Waals surface area contributed by atoms with E-state index in [-0.39, 0.29) is 5.82 Å². The molecule has 0 saturated carbocycles. The van der Waals surface area contributed by atoms with Gasteiger partial charge in [-0.25, -0.2) is 4.39 Å². The summed E-state index contributed by atoms with van der Waals surface area (Å²) in [6.45, 7) is 0. The third kappa shape index (κ3) is 0.993. The number of anilines is 1. The molecule has 0 atom stereocenters. The van der Waals surface area contributed by atoms with Crippen molar-refractivity contribution in [1.29, 1.82) is 0 Å². The number of nitrogens with zero attached hydrogens (tertiary/aromatic N) is 1. The normalized spacial score (nSPS) is 10.4. The third-order valence-electron chi connectivity index (χ3n) is 1.71. The summed E-state index contributed by atoms with van der Waals surface area (Å²) in [6, 6.07) is 6.27. The van der Waals surface area contributed by atoms with Gasteiger partial charge in [-0.2, -0.15) is 0 Å². The number of hydrogen-bond acceptors (Lipinski definition) is 2. The molecule has 2 N–H and O–H groups in total. The average molecular weight is 162 g/mol. The largest absolute Gasteiger partial charge is 0.399 e. The van der Waals surface area contributed by atoms with Crippen LogP contribution in [0.15, 0.2) is 30.5 Å². The molecule has 0 saturated heterocycles. The zero-order valence-electron chi connectivity index (χ0n) is 6.29. The lowest BCUT2D eigenvalue weighted by Gasteiger charge is -1.98. The Morgan fingerprint density at radius 2 is 2.08 bits per heavy atom. The van der Waals surface area contributed by atoms with E-state index in [4.69, 9.17) is 5.73 Å². The van der Waals surface area contributed by atoms with Crippen molar-refractivity contribution in [3.05, 3.63) is 36.3 Å². The second-order valence-electron chi connectivity index (χ2n) is 2.57. The summed E-state index contributed by atoms with van der Waals surface area (Å²) >= 11 is 0. The van der Waals surface area contributed by atoms with Crippen molar-refractivity contribution in [2.75, 3.05) is 5.73 Å². The molecule has 1 aromatic carbocycles. The Hall–Kier alpha value is -1.64. The number of fused-ring (bicyclic) bond motifs is 1. The number of nitrogen functional groups attached to an aromatic ring is 1. The zero-order valence-corrected chi connectivity index (χ0v) is 6.29. The van der Waals surface area contributed by atoms with Crippen LogP contribution in [0.1, 0.15) is 0 Å². The van der Waals surface area contributed by atoms with Gasteiger partial charge in [0.2, 0.25) is 0 Å². The van der Waals surface area contributed by atoms with E-state index in [9.17, 15) is 4.39 Å². The summed E-state index contributed by atoms with van der Waals surface area (Å²) in [4.78, 5) is 3.98. The highest BCUT2D eigenvalue weighted by atomic mass is 19.1. The second-order valence-corrected chi connectivity index (χ2v) is 2.57. The minimum absolute atomic E-state index is 0.264. The lowest BCUT2D eigenvalue weighted by molar-refractivity contribution is 0.638. The summed E-state index contributed by atoms with van der Waals surface area (Å²) in [6.07, 6.45) is 1.43. The summed E-state index contributed by atoms with van der Waals surface area (Å²) in [7, 11) is 0. The fourth-order valence-corrected chi connectivity index (χ4v) is 1.13. The summed E-state index contributed by atoms with van der Waals surface area (Å²) in [5, 5.41) is 0.506. The standard InChI is InChI=1S/C9H7FN2/c10-8-3-4-12-9-5-6(11)1-2-7(8)9/h1-5H,11H2. The monoisotopic (exact) mass is 162 g/mol. The SMILES string of the molecule is Nc1ccc2c(F)ccnc2c1. The highest BCUT2D eigenvalue weighted by Gasteiger charge is 1.99. The van der Waals surface area contributed by atoms with Gasteiger partial charge >= 0.3 is 0 Å². The van der Waals surface area contributed by atoms with Crippen molar-refractivity contribution in [3.63, 3.8) is 0 Å². The van der Waals surface area contributed by atoms with Gasteiger partial charge in [0.15, 0.2) is 0 Å². The van der Waals surface area contributed by atoms with Crippen molar-refractivity contribution in [1.82, 2.24) is 4.98 Å². The maximum Gasteiger partial charge on any atom is 0.134 e. The van der Waals surface area contributed by atoms with Crippen LogP contribution in [-0.2, 0) is 0 Å². The van der Waals surface area contributed by atoms with Crippen LogP contribution in [0.25, 0.3) is 10.9 Å². The van der Waals surface area contributed by atoms with Gasteiger partial charge in [0.25, 0.3) is 0 Å². The number of nitrogens with two attached hydrogens (primary N) is 1. The zero-order chi connectivity index (χ0) is 8.55. The average Bonchev–Trinajstić information content (AvgIpc) is 2.04. The van der Waals surface area contributed by atoms with Crippen molar-refractivity contribution in [3.8, 4) is 0 Å². The van der Waals surface area contributed by atoms with Crippen molar-refractivity contribution >= 4 is 16.6 Å². The first-order valence-electron chi connectivity index (χ1n) is 3.57. The fourth-order valence-electron chi connectivity index (χ4n) is 1.13. The first-order chi connectivity index (χ1) is 5.77. The van der Waals surface area contributed by atoms with E-state index in [1.165, 1.54) is 12.3 Å². The Morgan fingerprint density at radius 1 is 1.25 bits per heavy atom. The predicted molar refractivity (Wildman–Crippen MR) is 46.1 cm³/mol. The molecule has 12 heavy (non-hydrogen) atoms. The van der Waals surface area contributed by atoms with Crippen molar-refractivity contribution in [2.45, 2.75) is 0 Å². The molecule has 3 heteroatoms. The van der Waals surface area contributed by atoms with Gasteiger partial charge in [-0.1, -0.05) is 0 Å². The first kappa shape index (κ1) is 7.03. The molecule has 2 aromatic rings. The number of aromatic nitrogens is 1. The molecule has 0 aliphatic heterocycles. The Kier molecular flexibility index (Phi) is 1.43. The minimum Gasteiger partial charge on any atom is -0.399 e. The predicted octanol–water partition coefficient (Wildman–Crippen LogP) is 1.96. The molecule has 0 aliphatic rings. The summed E-state index contributed by atoms with van der Waals surface area (Å²) in [5.41, 5.74) is 6.70. The van der Waals surface area contributed by atoms with Gasteiger partial charge in [0, 0.05) is 17.3 Å². The number of hydrogen-bond donors (Lipinski definition) is 1. The molecule has 0 unspecified atom stereocenters. The molecule has 0 fully saturated rings. The van der Waals surface area contributed by atoms with Gasteiger partial charge in [-0.15, -0.1) is 0 Å². The lowest BCUT2D eigenvalue weighted by atomic mass is 10.2. The fraction of sp³-hybridized carbons (Fsp3) is 0. The summed E-state index contributed by atoms with van der Waals surface area (Å²) in [5.74, 6) is -0.264. The molecule has 0 spiro atoms.